The fourth-order valence-corrected chi connectivity index (χ4v) is 2.28. The van der Waals surface area contributed by atoms with Gasteiger partial charge in [0.05, 0.1) is 6.61 Å². The molecule has 9 heteroatoms. The van der Waals surface area contributed by atoms with Crippen LogP contribution in [0, 0.1) is 0 Å². The van der Waals surface area contributed by atoms with E-state index in [9.17, 15) is 8.77 Å². The summed E-state index contributed by atoms with van der Waals surface area (Å²) < 4.78 is 30.7. The second-order valence-electron chi connectivity index (χ2n) is 2.60. The van der Waals surface area contributed by atoms with Gasteiger partial charge in [0.15, 0.2) is 0 Å². The summed E-state index contributed by atoms with van der Waals surface area (Å²) in [6.45, 7) is 1.78. The van der Waals surface area contributed by atoms with Gasteiger partial charge in [-0.2, -0.15) is 0 Å². The van der Waals surface area contributed by atoms with Gasteiger partial charge in [-0.05, 0) is 6.42 Å². The van der Waals surface area contributed by atoms with Crippen molar-refractivity contribution in [3.8, 4) is 0 Å². The average Bonchev–Trinajstić information content (AvgIpc) is 2.21. The van der Waals surface area contributed by atoms with E-state index >= 15 is 0 Å². The van der Waals surface area contributed by atoms with Crippen molar-refractivity contribution in [2.75, 3.05) is 18.1 Å². The highest BCUT2D eigenvalue weighted by Gasteiger charge is 2.20. The molecular formula is C7H13Cl2O5PS. The first-order valence-electron chi connectivity index (χ1n) is 4.39. The summed E-state index contributed by atoms with van der Waals surface area (Å²) >= 11 is 10.4. The molecule has 0 aliphatic carbocycles. The molecule has 96 valence electrons. The quantitative estimate of drug-likeness (QED) is 0.424. The molecule has 0 aromatic rings. The van der Waals surface area contributed by atoms with Crippen molar-refractivity contribution in [3.05, 3.63) is 10.8 Å². The van der Waals surface area contributed by atoms with E-state index in [0.717, 1.165) is 0 Å². The monoisotopic (exact) mass is 310 g/mol. The highest BCUT2D eigenvalue weighted by atomic mass is 35.5. The van der Waals surface area contributed by atoms with Crippen molar-refractivity contribution in [3.63, 3.8) is 0 Å². The van der Waals surface area contributed by atoms with Crippen LogP contribution in [0.25, 0.3) is 0 Å². The van der Waals surface area contributed by atoms with Gasteiger partial charge in [-0.25, -0.2) is 4.57 Å². The first kappa shape index (κ1) is 16.4. The van der Waals surface area contributed by atoms with E-state index in [2.05, 4.69) is 9.05 Å². The van der Waals surface area contributed by atoms with Crippen LogP contribution in [0.1, 0.15) is 13.3 Å². The van der Waals surface area contributed by atoms with Gasteiger partial charge >= 0.3 is 7.82 Å². The number of halogens is 2. The maximum absolute atomic E-state index is 11.1. The van der Waals surface area contributed by atoms with Crippen LogP contribution in [-0.4, -0.2) is 27.2 Å². The van der Waals surface area contributed by atoms with Gasteiger partial charge in [-0.15, -0.1) is 0 Å². The Bertz CT molecular complexity index is 305. The molecule has 0 bridgehead atoms. The Morgan fingerprint density at radius 1 is 1.56 bits per heavy atom. The number of hydrogen-bond donors (Lipinski definition) is 1. The van der Waals surface area contributed by atoms with E-state index < -0.39 is 18.6 Å². The minimum Gasteiger partial charge on any atom is -0.410 e. The third-order valence-electron chi connectivity index (χ3n) is 1.37. The van der Waals surface area contributed by atoms with Crippen molar-refractivity contribution in [2.24, 2.45) is 0 Å². The third kappa shape index (κ3) is 9.63. The lowest BCUT2D eigenvalue weighted by molar-refractivity contribution is 0.188. The van der Waals surface area contributed by atoms with Crippen molar-refractivity contribution >= 4 is 41.8 Å². The van der Waals surface area contributed by atoms with E-state index in [1.54, 1.807) is 6.92 Å². The van der Waals surface area contributed by atoms with Crippen LogP contribution < -0.4 is 0 Å². The smallest absolute Gasteiger partial charge is 0.410 e. The Morgan fingerprint density at radius 2 is 2.19 bits per heavy atom. The molecule has 2 atom stereocenters. The molecule has 16 heavy (non-hydrogen) atoms. The molecule has 0 heterocycles. The second-order valence-corrected chi connectivity index (χ2v) is 6.88. The lowest BCUT2D eigenvalue weighted by Crippen LogP contribution is -2.03. The highest BCUT2D eigenvalue weighted by molar-refractivity contribution is 7.84. The number of hydrogen-bond acceptors (Lipinski definition) is 4. The fourth-order valence-electron chi connectivity index (χ4n) is 0.681. The molecule has 0 radical (unpaired) electrons. The Balaban J connectivity index is 3.79. The normalized spacial score (nSPS) is 16.2. The molecule has 0 aliphatic rings. The Labute approximate surface area is 107 Å². The van der Waals surface area contributed by atoms with Crippen molar-refractivity contribution < 1.29 is 22.7 Å². The first-order chi connectivity index (χ1) is 7.37. The maximum atomic E-state index is 11.1. The van der Waals surface area contributed by atoms with E-state index in [-0.39, 0.29) is 11.1 Å². The summed E-state index contributed by atoms with van der Waals surface area (Å²) in [5.74, 6) is 0.973. The molecule has 0 amide bonds. The number of phosphoric ester groups is 1. The molecule has 2 unspecified atom stereocenters. The largest absolute Gasteiger partial charge is 0.526 e. The van der Waals surface area contributed by atoms with Crippen LogP contribution >= 0.6 is 31.0 Å². The minimum atomic E-state index is -4.16. The van der Waals surface area contributed by atoms with Crippen LogP contribution in [0.3, 0.4) is 0 Å². The third-order valence-corrected chi connectivity index (χ3v) is 3.81. The van der Waals surface area contributed by atoms with Gasteiger partial charge in [0.25, 0.3) is 0 Å². The Morgan fingerprint density at radius 3 is 2.69 bits per heavy atom. The van der Waals surface area contributed by atoms with E-state index in [0.29, 0.717) is 24.2 Å². The van der Waals surface area contributed by atoms with Gasteiger partial charge in [0, 0.05) is 22.3 Å². The Hall–Kier alpha value is 0.420. The summed E-state index contributed by atoms with van der Waals surface area (Å²) in [7, 11) is -5.07. The van der Waals surface area contributed by atoms with Crippen molar-refractivity contribution in [1.82, 2.24) is 0 Å². The zero-order valence-electron chi connectivity index (χ0n) is 8.60. The average molecular weight is 311 g/mol. The standard InChI is InChI=1S/C7H13Cl2O5PS/c1-2-16(12)5-3-4-13-15(10,11)14-6-7(8)9/h6H,2-5H2,1H3,(H,10,11). The Kier molecular flexibility index (Phi) is 8.73. The molecule has 1 N–H and O–H groups in total. The van der Waals surface area contributed by atoms with Crippen molar-refractivity contribution in [2.45, 2.75) is 13.3 Å². The lowest BCUT2D eigenvalue weighted by Gasteiger charge is -2.09. The molecule has 0 aliphatic heterocycles. The van der Waals surface area contributed by atoms with Gasteiger partial charge in [-0.3, -0.25) is 13.6 Å². The van der Waals surface area contributed by atoms with Crippen LogP contribution in [-0.2, 0) is 24.4 Å². The van der Waals surface area contributed by atoms with E-state index in [1.165, 1.54) is 0 Å². The molecule has 5 nitrogen and oxygen atoms in total. The molecule has 0 saturated carbocycles. The summed E-state index contributed by atoms with van der Waals surface area (Å²) in [5, 5.41) is 0. The zero-order chi connectivity index (χ0) is 12.6. The summed E-state index contributed by atoms with van der Waals surface area (Å²) in [4.78, 5) is 9.06. The van der Waals surface area contributed by atoms with Crippen LogP contribution in [0.2, 0.25) is 0 Å². The second kappa shape index (κ2) is 8.50. The molecule has 0 saturated heterocycles. The summed E-state index contributed by atoms with van der Waals surface area (Å²) in [6.07, 6.45) is 1.13. The minimum absolute atomic E-state index is 0.0206. The fraction of sp³-hybridized carbons (Fsp3) is 0.714. The topological polar surface area (TPSA) is 72.8 Å². The van der Waals surface area contributed by atoms with Gasteiger partial charge < -0.3 is 4.52 Å². The maximum Gasteiger partial charge on any atom is 0.526 e. The highest BCUT2D eigenvalue weighted by Crippen LogP contribution is 2.44. The van der Waals surface area contributed by atoms with Crippen LogP contribution in [0.5, 0.6) is 0 Å². The molecule has 0 aromatic carbocycles. The van der Waals surface area contributed by atoms with Crippen LogP contribution in [0.4, 0.5) is 0 Å². The number of rotatable bonds is 8. The summed E-state index contributed by atoms with van der Waals surface area (Å²) in [5.41, 5.74) is 0. The van der Waals surface area contributed by atoms with E-state index in [4.69, 9.17) is 28.1 Å². The first-order valence-corrected chi connectivity index (χ1v) is 8.13. The van der Waals surface area contributed by atoms with Crippen LogP contribution in [0.15, 0.2) is 10.8 Å². The predicted molar refractivity (Wildman–Crippen MR) is 64.8 cm³/mol. The van der Waals surface area contributed by atoms with Gasteiger partial charge in [-0.1, -0.05) is 30.1 Å². The SMILES string of the molecule is CCS(=O)CCCOP(=O)(O)OC=C(Cl)Cl. The van der Waals surface area contributed by atoms with Crippen molar-refractivity contribution in [1.29, 1.82) is 0 Å². The lowest BCUT2D eigenvalue weighted by atomic mass is 10.5. The predicted octanol–water partition coefficient (Wildman–Crippen LogP) is 2.56. The van der Waals surface area contributed by atoms with Gasteiger partial charge in [0.2, 0.25) is 0 Å². The zero-order valence-corrected chi connectivity index (χ0v) is 11.8. The van der Waals surface area contributed by atoms with E-state index in [1.807, 2.05) is 0 Å². The summed E-state index contributed by atoms with van der Waals surface area (Å²) in [6, 6.07) is 0. The van der Waals surface area contributed by atoms with Gasteiger partial charge in [0.1, 0.15) is 10.8 Å². The molecular weight excluding hydrogens is 298 g/mol. The molecule has 0 rings (SSSR count). The molecule has 0 spiro atoms. The molecule has 0 fully saturated rings. The number of phosphoric acid groups is 1. The molecule has 0 aromatic heterocycles.